The molecule has 0 radical (unpaired) electrons. The average Bonchev–Trinajstić information content (AvgIpc) is 4.05. The van der Waals surface area contributed by atoms with Gasteiger partial charge in [0.25, 0.3) is 0 Å². The lowest BCUT2D eigenvalue weighted by Crippen LogP contribution is -2.55. The molecule has 9 atom stereocenters. The van der Waals surface area contributed by atoms with E-state index in [1.165, 1.54) is 14.2 Å². The SMILES string of the molecule is CO[C@@H]1COCC[C@@H]1N(OC(=O)CCC(=O)ON([C@@H]1CC[C@@](C(=O)N2CCc3ncc(C(F)(F)F)cc3C2)(C(C)C)C1)[C@H]1CCOC[C@H]1OC)[C@@H]1CC[C@@](C(=O)C2CCc3ncc(C(F)(F)F)cc3N2)(C(C)C)C1. The number of alkyl halides is 6. The highest BCUT2D eigenvalue weighted by molar-refractivity contribution is 5.93. The van der Waals surface area contributed by atoms with E-state index in [9.17, 15) is 45.5 Å². The smallest absolute Gasteiger partial charge is 0.379 e. The molecule has 0 aromatic carbocycles. The van der Waals surface area contributed by atoms with Crippen LogP contribution in [0.1, 0.15) is 126 Å². The zero-order valence-electron chi connectivity index (χ0n) is 43.0. The second kappa shape index (κ2) is 22.6. The van der Waals surface area contributed by atoms with Crippen LogP contribution in [0.3, 0.4) is 0 Å². The van der Waals surface area contributed by atoms with E-state index in [1.54, 1.807) is 15.0 Å². The van der Waals surface area contributed by atoms with Gasteiger partial charge < -0.3 is 38.8 Å². The molecule has 1 unspecified atom stereocenters. The van der Waals surface area contributed by atoms with E-state index < -0.39 is 88.7 Å². The van der Waals surface area contributed by atoms with Gasteiger partial charge in [0.1, 0.15) is 0 Å². The number of hydrogen-bond donors (Lipinski definition) is 1. The number of nitrogens with one attached hydrogen (secondary N) is 1. The molecule has 2 saturated carbocycles. The minimum atomic E-state index is -4.60. The highest BCUT2D eigenvalue weighted by Crippen LogP contribution is 2.51. The van der Waals surface area contributed by atoms with Crippen LogP contribution >= 0.6 is 0 Å². The number of ketones is 1. The number of hydrogen-bond acceptors (Lipinski definition) is 15. The summed E-state index contributed by atoms with van der Waals surface area (Å²) in [6.07, 6.45) is -5.06. The monoisotopic (exact) mass is 1050 g/mol. The first-order valence-electron chi connectivity index (χ1n) is 26.0. The van der Waals surface area contributed by atoms with Crippen LogP contribution < -0.4 is 5.32 Å². The zero-order chi connectivity index (χ0) is 53.3. The number of amides is 1. The van der Waals surface area contributed by atoms with Crippen molar-refractivity contribution >= 4 is 29.3 Å². The van der Waals surface area contributed by atoms with Crippen molar-refractivity contribution in [3.63, 3.8) is 0 Å². The van der Waals surface area contributed by atoms with Gasteiger partial charge in [0.2, 0.25) is 5.91 Å². The maximum Gasteiger partial charge on any atom is 0.417 e. The third-order valence-electron chi connectivity index (χ3n) is 16.9. The minimum absolute atomic E-state index is 0.0105. The number of ether oxygens (including phenoxy) is 4. The third-order valence-corrected chi connectivity index (χ3v) is 16.9. The van der Waals surface area contributed by atoms with Crippen LogP contribution in [0, 0.1) is 22.7 Å². The lowest BCUT2D eigenvalue weighted by atomic mass is 9.69. The van der Waals surface area contributed by atoms with E-state index >= 15 is 0 Å². The molecule has 2 aliphatic carbocycles. The number of pyridine rings is 2. The number of aryl methyl sites for hydroxylation is 1. The number of fused-ring (bicyclic) bond motifs is 2. The first kappa shape index (κ1) is 55.7. The van der Waals surface area contributed by atoms with Crippen molar-refractivity contribution in [2.75, 3.05) is 52.5 Å². The van der Waals surface area contributed by atoms with E-state index in [0.717, 1.165) is 24.5 Å². The standard InChI is InChI=1S/C52H70F6N6O10/c1-30(2)49(47(67)39-8-7-38-40(61-39)22-34(26-60-38)52(56,57)58)16-11-35(23-49)63(41-14-19-71-28-43(41)69-5)73-45(65)9-10-46(66)74-64(42-15-20-72-29-44(42)70-6)36-12-17-50(24-36,31(3)4)48(68)62-18-13-37-32(27-62)21-33(25-59-37)51(53,54)55/h21-22,25-26,30-31,35-36,39,41-44,61H,7-20,23-24,27-29H2,1-6H3/t35-,36-,39?,41+,42+,43-,44-,49+,50+/m1/s1. The van der Waals surface area contributed by atoms with Gasteiger partial charge in [0, 0.05) is 82.5 Å². The maximum atomic E-state index is 14.7. The van der Waals surface area contributed by atoms with Crippen LogP contribution in [0.25, 0.3) is 0 Å². The summed E-state index contributed by atoms with van der Waals surface area (Å²) < 4.78 is 105. The number of rotatable bonds is 16. The number of carbonyl (C=O) groups is 4. The summed E-state index contributed by atoms with van der Waals surface area (Å²) in [5.74, 6) is -2.10. The Bertz CT molecular complexity index is 2200. The summed E-state index contributed by atoms with van der Waals surface area (Å²) in [6.45, 7) is 9.24. The van der Waals surface area contributed by atoms with Crippen molar-refractivity contribution in [2.24, 2.45) is 22.7 Å². The van der Waals surface area contributed by atoms with Crippen LogP contribution in [-0.2, 0) is 79.5 Å². The van der Waals surface area contributed by atoms with Crippen molar-refractivity contribution < 1.29 is 74.1 Å². The van der Waals surface area contributed by atoms with E-state index in [2.05, 4.69) is 15.3 Å². The first-order valence-corrected chi connectivity index (χ1v) is 26.0. The Morgan fingerprint density at radius 3 is 1.77 bits per heavy atom. The topological polar surface area (TPSA) is 171 Å². The van der Waals surface area contributed by atoms with Crippen LogP contribution in [-0.4, -0.2) is 138 Å². The van der Waals surface area contributed by atoms with Crippen molar-refractivity contribution in [1.29, 1.82) is 0 Å². The molecular weight excluding hydrogens is 983 g/mol. The summed E-state index contributed by atoms with van der Waals surface area (Å²) in [5.41, 5.74) is -2.09. The second-order valence-corrected chi connectivity index (χ2v) is 21.6. The summed E-state index contributed by atoms with van der Waals surface area (Å²) in [4.78, 5) is 79.7. The molecule has 2 saturated heterocycles. The van der Waals surface area contributed by atoms with Crippen molar-refractivity contribution in [3.05, 3.63) is 52.6 Å². The fraction of sp³-hybridized carbons (Fsp3) is 0.731. The first-order chi connectivity index (χ1) is 35.1. The number of carbonyl (C=O) groups excluding carboxylic acids is 4. The lowest BCUT2D eigenvalue weighted by molar-refractivity contribution is -0.246. The normalized spacial score (nSPS) is 29.6. The molecule has 4 aliphatic heterocycles. The molecule has 1 amide bonds. The number of Topliss-reactive ketones (excluding diaryl/α,β-unsaturated/α-hetero) is 1. The third kappa shape index (κ3) is 11.6. The maximum absolute atomic E-state index is 14.7. The molecule has 22 heteroatoms. The molecule has 0 spiro atoms. The van der Waals surface area contributed by atoms with Crippen LogP contribution in [0.15, 0.2) is 24.5 Å². The Morgan fingerprint density at radius 1 is 0.730 bits per heavy atom. The van der Waals surface area contributed by atoms with Crippen LogP contribution in [0.2, 0.25) is 0 Å². The summed E-state index contributed by atoms with van der Waals surface area (Å²) in [5, 5.41) is 6.33. The molecule has 8 rings (SSSR count). The highest BCUT2D eigenvalue weighted by Gasteiger charge is 2.55. The van der Waals surface area contributed by atoms with Gasteiger partial charge in [0.15, 0.2) is 5.78 Å². The molecule has 6 aliphatic rings. The number of methoxy groups -OCH3 is 2. The number of nitrogens with zero attached hydrogens (tertiary/aromatic N) is 5. The number of halogens is 6. The molecule has 410 valence electrons. The van der Waals surface area contributed by atoms with E-state index in [4.69, 9.17) is 28.6 Å². The highest BCUT2D eigenvalue weighted by atomic mass is 19.4. The predicted molar refractivity (Wildman–Crippen MR) is 253 cm³/mol. The number of aromatic nitrogens is 2. The molecular formula is C52H70F6N6O10. The van der Waals surface area contributed by atoms with Gasteiger partial charge in [-0.3, -0.25) is 29.1 Å². The van der Waals surface area contributed by atoms with Gasteiger partial charge in [-0.25, -0.2) is 0 Å². The predicted octanol–water partition coefficient (Wildman–Crippen LogP) is 7.69. The zero-order valence-corrected chi connectivity index (χ0v) is 43.0. The fourth-order valence-corrected chi connectivity index (χ4v) is 12.4. The van der Waals surface area contributed by atoms with E-state index in [0.29, 0.717) is 107 Å². The van der Waals surface area contributed by atoms with Gasteiger partial charge in [-0.2, -0.15) is 26.3 Å². The second-order valence-electron chi connectivity index (χ2n) is 21.6. The largest absolute Gasteiger partial charge is 0.417 e. The van der Waals surface area contributed by atoms with Gasteiger partial charge >= 0.3 is 24.3 Å². The summed E-state index contributed by atoms with van der Waals surface area (Å²) in [6, 6.07) is -0.530. The Kier molecular flexibility index (Phi) is 17.0. The fourth-order valence-electron chi connectivity index (χ4n) is 12.4. The summed E-state index contributed by atoms with van der Waals surface area (Å²) in [7, 11) is 3.07. The average molecular weight is 1050 g/mol. The quantitative estimate of drug-likeness (QED) is 0.128. The Balaban J connectivity index is 0.958. The molecule has 2 aromatic rings. The van der Waals surface area contributed by atoms with E-state index in [-0.39, 0.29) is 61.8 Å². The van der Waals surface area contributed by atoms with Crippen molar-refractivity contribution in [1.82, 2.24) is 25.0 Å². The molecule has 74 heavy (non-hydrogen) atoms. The van der Waals surface area contributed by atoms with Crippen LogP contribution in [0.5, 0.6) is 0 Å². The van der Waals surface area contributed by atoms with Crippen LogP contribution in [0.4, 0.5) is 32.0 Å². The van der Waals surface area contributed by atoms with Gasteiger partial charge in [-0.15, -0.1) is 10.1 Å². The van der Waals surface area contributed by atoms with Crippen molar-refractivity contribution in [2.45, 2.75) is 172 Å². The molecule has 1 N–H and O–H groups in total. The van der Waals surface area contributed by atoms with Gasteiger partial charge in [0.05, 0.1) is 84.3 Å². The molecule has 0 bridgehead atoms. The minimum Gasteiger partial charge on any atom is -0.379 e. The van der Waals surface area contributed by atoms with Gasteiger partial charge in [-0.1, -0.05) is 27.7 Å². The van der Waals surface area contributed by atoms with Gasteiger partial charge in [-0.05, 0) is 93.7 Å². The molecule has 16 nitrogen and oxygen atoms in total. The molecule has 4 fully saturated rings. The Labute approximate surface area is 427 Å². The number of anilines is 1. The lowest BCUT2D eigenvalue weighted by Gasteiger charge is -2.42. The number of hydroxylamine groups is 4. The Morgan fingerprint density at radius 2 is 1.24 bits per heavy atom. The molecule has 2 aromatic heterocycles. The Hall–Kier alpha value is -4.48. The summed E-state index contributed by atoms with van der Waals surface area (Å²) >= 11 is 0. The van der Waals surface area contributed by atoms with Crippen molar-refractivity contribution in [3.8, 4) is 0 Å². The van der Waals surface area contributed by atoms with E-state index in [1.807, 2.05) is 27.7 Å². The molecule has 6 heterocycles.